The normalized spacial score (nSPS) is 20.4. The van der Waals surface area contributed by atoms with Gasteiger partial charge in [0.05, 0.1) is 6.21 Å². The quantitative estimate of drug-likeness (QED) is 0.800. The lowest BCUT2D eigenvalue weighted by Crippen LogP contribution is -2.45. The molecule has 2 heterocycles. The smallest absolute Gasteiger partial charge is 0.141 e. The molecule has 1 atom stereocenters. The Balaban J connectivity index is 2.01. The molecule has 5 heteroatoms. The lowest BCUT2D eigenvalue weighted by atomic mass is 9.79. The van der Waals surface area contributed by atoms with E-state index in [2.05, 4.69) is 67.1 Å². The molecular weight excluding hydrogens is 274 g/mol. The third kappa shape index (κ3) is 2.51. The Hall–Kier alpha value is -2.17. The third-order valence-corrected chi connectivity index (χ3v) is 4.76. The van der Waals surface area contributed by atoms with Gasteiger partial charge in [-0.3, -0.25) is 0 Å². The SMILES string of the molecule is Cc1cc2c(cc1/C=N\n1cnnc1)[C@@H](C)CC(C)(C)N2C. The van der Waals surface area contributed by atoms with Gasteiger partial charge in [-0.1, -0.05) is 6.92 Å². The minimum absolute atomic E-state index is 0.191. The van der Waals surface area contributed by atoms with Gasteiger partial charge in [0.2, 0.25) is 0 Å². The molecule has 1 aromatic heterocycles. The fraction of sp³-hybridized carbons (Fsp3) is 0.471. The van der Waals surface area contributed by atoms with Gasteiger partial charge in [-0.2, -0.15) is 5.10 Å². The van der Waals surface area contributed by atoms with E-state index < -0.39 is 0 Å². The van der Waals surface area contributed by atoms with Crippen LogP contribution >= 0.6 is 0 Å². The van der Waals surface area contributed by atoms with E-state index in [0.717, 1.165) is 12.0 Å². The minimum Gasteiger partial charge on any atom is -0.369 e. The van der Waals surface area contributed by atoms with Crippen LogP contribution in [0.4, 0.5) is 5.69 Å². The third-order valence-electron chi connectivity index (χ3n) is 4.76. The molecule has 3 rings (SSSR count). The van der Waals surface area contributed by atoms with Crippen molar-refractivity contribution in [3.05, 3.63) is 41.5 Å². The summed E-state index contributed by atoms with van der Waals surface area (Å²) in [5.41, 5.74) is 5.30. The molecule has 1 aromatic carbocycles. The summed E-state index contributed by atoms with van der Waals surface area (Å²) < 4.78 is 1.61. The first kappa shape index (κ1) is 14.8. The highest BCUT2D eigenvalue weighted by atomic mass is 15.4. The molecule has 0 fully saturated rings. The number of fused-ring (bicyclic) bond motifs is 1. The summed E-state index contributed by atoms with van der Waals surface area (Å²) in [4.78, 5) is 2.40. The Labute approximate surface area is 131 Å². The fourth-order valence-electron chi connectivity index (χ4n) is 3.26. The van der Waals surface area contributed by atoms with E-state index in [1.165, 1.54) is 16.8 Å². The average Bonchev–Trinajstić information content (AvgIpc) is 2.96. The summed E-state index contributed by atoms with van der Waals surface area (Å²) in [5, 5.41) is 11.9. The molecule has 5 nitrogen and oxygen atoms in total. The van der Waals surface area contributed by atoms with Gasteiger partial charge < -0.3 is 4.90 Å². The summed E-state index contributed by atoms with van der Waals surface area (Å²) in [5.74, 6) is 0.545. The number of aryl methyl sites for hydroxylation is 1. The second-order valence-corrected chi connectivity index (χ2v) is 6.83. The van der Waals surface area contributed by atoms with E-state index in [9.17, 15) is 0 Å². The van der Waals surface area contributed by atoms with Crippen LogP contribution < -0.4 is 4.90 Å². The Morgan fingerprint density at radius 2 is 1.95 bits per heavy atom. The summed E-state index contributed by atoms with van der Waals surface area (Å²) in [6, 6.07) is 4.55. The molecule has 0 amide bonds. The van der Waals surface area contributed by atoms with E-state index >= 15 is 0 Å². The van der Waals surface area contributed by atoms with Crippen molar-refractivity contribution in [3.63, 3.8) is 0 Å². The Kier molecular flexibility index (Phi) is 3.51. The minimum atomic E-state index is 0.191. The zero-order valence-electron chi connectivity index (χ0n) is 13.9. The maximum atomic E-state index is 4.37. The summed E-state index contributed by atoms with van der Waals surface area (Å²) in [7, 11) is 2.19. The number of rotatable bonds is 2. The Bertz CT molecular complexity index is 700. The maximum Gasteiger partial charge on any atom is 0.141 e. The van der Waals surface area contributed by atoms with Crippen LogP contribution in [0.3, 0.4) is 0 Å². The van der Waals surface area contributed by atoms with Gasteiger partial charge in [0, 0.05) is 18.3 Å². The molecule has 116 valence electrons. The predicted molar refractivity (Wildman–Crippen MR) is 89.7 cm³/mol. The lowest BCUT2D eigenvalue weighted by Gasteiger charge is -2.45. The van der Waals surface area contributed by atoms with Crippen molar-refractivity contribution >= 4 is 11.9 Å². The van der Waals surface area contributed by atoms with Crippen LogP contribution in [0.1, 0.15) is 49.8 Å². The number of anilines is 1. The van der Waals surface area contributed by atoms with Gasteiger partial charge in [-0.05, 0) is 61.9 Å². The largest absolute Gasteiger partial charge is 0.369 e. The lowest BCUT2D eigenvalue weighted by molar-refractivity contribution is 0.395. The van der Waals surface area contributed by atoms with Gasteiger partial charge >= 0.3 is 0 Å². The Morgan fingerprint density at radius 1 is 1.27 bits per heavy atom. The van der Waals surface area contributed by atoms with E-state index in [4.69, 9.17) is 0 Å². The van der Waals surface area contributed by atoms with Crippen LogP contribution in [-0.4, -0.2) is 33.7 Å². The Morgan fingerprint density at radius 3 is 2.64 bits per heavy atom. The van der Waals surface area contributed by atoms with Crippen molar-refractivity contribution in [1.82, 2.24) is 14.9 Å². The van der Waals surface area contributed by atoms with Crippen molar-refractivity contribution in [2.75, 3.05) is 11.9 Å². The van der Waals surface area contributed by atoms with Crippen molar-refractivity contribution in [1.29, 1.82) is 0 Å². The van der Waals surface area contributed by atoms with Crippen LogP contribution in [-0.2, 0) is 0 Å². The van der Waals surface area contributed by atoms with Crippen LogP contribution in [0.25, 0.3) is 0 Å². The molecule has 0 saturated carbocycles. The van der Waals surface area contributed by atoms with Crippen LogP contribution in [0.5, 0.6) is 0 Å². The van der Waals surface area contributed by atoms with Gasteiger partial charge in [0.15, 0.2) is 0 Å². The molecule has 0 unspecified atom stereocenters. The molecule has 0 aliphatic carbocycles. The van der Waals surface area contributed by atoms with Crippen molar-refractivity contribution < 1.29 is 0 Å². The second kappa shape index (κ2) is 5.23. The molecule has 0 bridgehead atoms. The van der Waals surface area contributed by atoms with Gasteiger partial charge in [-0.25, -0.2) is 4.68 Å². The van der Waals surface area contributed by atoms with Crippen molar-refractivity contribution in [3.8, 4) is 0 Å². The number of nitrogens with zero attached hydrogens (tertiary/aromatic N) is 5. The van der Waals surface area contributed by atoms with Crippen molar-refractivity contribution in [2.45, 2.75) is 45.6 Å². The average molecular weight is 297 g/mol. The van der Waals surface area contributed by atoms with Gasteiger partial charge in [0.1, 0.15) is 12.7 Å². The van der Waals surface area contributed by atoms with Crippen LogP contribution in [0.2, 0.25) is 0 Å². The molecule has 22 heavy (non-hydrogen) atoms. The first-order valence-corrected chi connectivity index (χ1v) is 7.66. The fourth-order valence-corrected chi connectivity index (χ4v) is 3.26. The van der Waals surface area contributed by atoms with E-state index in [1.807, 2.05) is 6.21 Å². The van der Waals surface area contributed by atoms with E-state index in [1.54, 1.807) is 17.3 Å². The molecule has 1 aliphatic heterocycles. The highest BCUT2D eigenvalue weighted by Gasteiger charge is 2.34. The number of hydrogen-bond acceptors (Lipinski definition) is 4. The predicted octanol–water partition coefficient (Wildman–Crippen LogP) is 3.19. The van der Waals surface area contributed by atoms with Crippen LogP contribution in [0, 0.1) is 6.92 Å². The van der Waals surface area contributed by atoms with Crippen molar-refractivity contribution in [2.24, 2.45) is 5.10 Å². The number of benzene rings is 1. The number of aromatic nitrogens is 3. The summed E-state index contributed by atoms with van der Waals surface area (Å²) >= 11 is 0. The van der Waals surface area contributed by atoms with E-state index in [0.29, 0.717) is 5.92 Å². The highest BCUT2D eigenvalue weighted by molar-refractivity contribution is 5.84. The van der Waals surface area contributed by atoms with E-state index in [-0.39, 0.29) is 5.54 Å². The van der Waals surface area contributed by atoms with Gasteiger partial charge in [-0.15, -0.1) is 10.2 Å². The molecule has 0 saturated heterocycles. The maximum absolute atomic E-state index is 4.37. The molecule has 1 aliphatic rings. The first-order valence-electron chi connectivity index (χ1n) is 7.66. The molecule has 2 aromatic rings. The zero-order valence-corrected chi connectivity index (χ0v) is 13.9. The second-order valence-electron chi connectivity index (χ2n) is 6.83. The topological polar surface area (TPSA) is 46.3 Å². The van der Waals surface area contributed by atoms with Gasteiger partial charge in [0.25, 0.3) is 0 Å². The first-order chi connectivity index (χ1) is 10.4. The van der Waals surface area contributed by atoms with Crippen LogP contribution in [0.15, 0.2) is 29.9 Å². The highest BCUT2D eigenvalue weighted by Crippen LogP contribution is 2.43. The molecule has 0 N–H and O–H groups in total. The zero-order chi connectivity index (χ0) is 15.9. The molecule has 0 radical (unpaired) electrons. The number of hydrogen-bond donors (Lipinski definition) is 0. The standard InChI is InChI=1S/C17H23N5/c1-12-6-16-15(13(2)8-17(3,4)21(16)5)7-14(12)9-20-22-10-18-19-11-22/h6-7,9-11,13H,8H2,1-5H3/b20-9-/t13-/m0/s1. The summed E-state index contributed by atoms with van der Waals surface area (Å²) in [6.07, 6.45) is 6.21. The monoisotopic (exact) mass is 297 g/mol. The molecular formula is C17H23N5. The molecule has 0 spiro atoms. The summed E-state index contributed by atoms with van der Waals surface area (Å²) in [6.45, 7) is 9.06.